The molecule has 0 saturated heterocycles. The first-order valence-electron chi connectivity index (χ1n) is 5.15. The fourth-order valence-corrected chi connectivity index (χ4v) is 3.18. The molecule has 0 N–H and O–H groups in total. The summed E-state index contributed by atoms with van der Waals surface area (Å²) in [5.74, 6) is 2.32. The molecule has 0 aromatic rings. The summed E-state index contributed by atoms with van der Waals surface area (Å²) in [4.78, 5) is 0. The first kappa shape index (κ1) is 8.62. The Labute approximate surface area is 80.0 Å². The van der Waals surface area contributed by atoms with Crippen molar-refractivity contribution in [3.8, 4) is 0 Å². The second-order valence-corrected chi connectivity index (χ2v) is 4.70. The summed E-state index contributed by atoms with van der Waals surface area (Å²) in [6.45, 7) is 2.26. The lowest BCUT2D eigenvalue weighted by Crippen LogP contribution is -2.19. The predicted molar refractivity (Wildman–Crippen MR) is 53.4 cm³/mol. The lowest BCUT2D eigenvalue weighted by atomic mass is 9.88. The minimum Gasteiger partial charge on any atom is -0.122 e. The Morgan fingerprint density at radius 3 is 2.67 bits per heavy atom. The second kappa shape index (κ2) is 3.41. The average molecular weight is 185 g/mol. The zero-order valence-corrected chi connectivity index (χ0v) is 8.43. The Hall–Kier alpha value is 0.0300. The molecule has 0 spiro atoms. The third-order valence-electron chi connectivity index (χ3n) is 3.41. The normalized spacial score (nSPS) is 44.2. The van der Waals surface area contributed by atoms with Crippen molar-refractivity contribution in [2.45, 2.75) is 38.0 Å². The largest absolute Gasteiger partial charge is 0.122 e. The van der Waals surface area contributed by atoms with Crippen LogP contribution in [0.5, 0.6) is 0 Å². The van der Waals surface area contributed by atoms with Gasteiger partial charge in [0, 0.05) is 5.38 Å². The highest BCUT2D eigenvalue weighted by Gasteiger charge is 2.42. The average Bonchev–Trinajstić information content (AvgIpc) is 2.62. The number of rotatable bonds is 3. The molecule has 1 saturated carbocycles. The standard InChI is InChI=1S/C11H17Cl/c1-2-3-4-10-8-5-6-9(7-8)11(10)12/h5-6,8-11H,2-4,7H2,1H3. The van der Waals surface area contributed by atoms with Gasteiger partial charge in [0.05, 0.1) is 0 Å². The van der Waals surface area contributed by atoms with Crippen LogP contribution in [-0.4, -0.2) is 5.38 Å². The maximum Gasteiger partial charge on any atom is 0.0432 e. The van der Waals surface area contributed by atoms with Crippen molar-refractivity contribution in [3.05, 3.63) is 12.2 Å². The third kappa shape index (κ3) is 1.31. The number of allylic oxidation sites excluding steroid dienone is 2. The molecule has 2 aliphatic rings. The van der Waals surface area contributed by atoms with E-state index in [0.29, 0.717) is 11.3 Å². The smallest absolute Gasteiger partial charge is 0.0432 e. The lowest BCUT2D eigenvalue weighted by Gasteiger charge is -2.22. The van der Waals surface area contributed by atoms with E-state index in [1.807, 2.05) is 0 Å². The molecule has 68 valence electrons. The molecule has 0 amide bonds. The number of halogens is 1. The third-order valence-corrected chi connectivity index (χ3v) is 4.06. The molecule has 0 radical (unpaired) electrons. The van der Waals surface area contributed by atoms with Crippen LogP contribution in [0.1, 0.15) is 32.6 Å². The van der Waals surface area contributed by atoms with Gasteiger partial charge in [0.15, 0.2) is 0 Å². The van der Waals surface area contributed by atoms with Gasteiger partial charge in [-0.25, -0.2) is 0 Å². The van der Waals surface area contributed by atoms with Gasteiger partial charge < -0.3 is 0 Å². The van der Waals surface area contributed by atoms with Crippen LogP contribution in [0.3, 0.4) is 0 Å². The Bertz CT molecular complexity index is 185. The molecule has 0 aromatic heterocycles. The number of alkyl halides is 1. The van der Waals surface area contributed by atoms with E-state index in [9.17, 15) is 0 Å². The second-order valence-electron chi connectivity index (χ2n) is 4.20. The van der Waals surface area contributed by atoms with Crippen molar-refractivity contribution in [1.29, 1.82) is 0 Å². The van der Waals surface area contributed by atoms with Crippen LogP contribution in [0.2, 0.25) is 0 Å². The zero-order chi connectivity index (χ0) is 8.55. The van der Waals surface area contributed by atoms with Gasteiger partial charge in [0.1, 0.15) is 0 Å². The van der Waals surface area contributed by atoms with Gasteiger partial charge in [-0.1, -0.05) is 31.9 Å². The Kier molecular flexibility index (Phi) is 2.45. The van der Waals surface area contributed by atoms with Crippen molar-refractivity contribution in [2.24, 2.45) is 17.8 Å². The molecule has 2 rings (SSSR count). The van der Waals surface area contributed by atoms with E-state index >= 15 is 0 Å². The van der Waals surface area contributed by atoms with E-state index in [0.717, 1.165) is 11.8 Å². The first-order chi connectivity index (χ1) is 5.83. The van der Waals surface area contributed by atoms with E-state index in [1.165, 1.54) is 25.7 Å². The van der Waals surface area contributed by atoms with Crippen LogP contribution in [0.15, 0.2) is 12.2 Å². The van der Waals surface area contributed by atoms with Crippen molar-refractivity contribution in [1.82, 2.24) is 0 Å². The van der Waals surface area contributed by atoms with Gasteiger partial charge in [0.25, 0.3) is 0 Å². The Morgan fingerprint density at radius 2 is 2.08 bits per heavy atom. The SMILES string of the molecule is CCCCC1C2C=CC(C2)C1Cl. The highest BCUT2D eigenvalue weighted by Crippen LogP contribution is 2.48. The minimum absolute atomic E-state index is 0.451. The van der Waals surface area contributed by atoms with Crippen LogP contribution < -0.4 is 0 Å². The van der Waals surface area contributed by atoms with Gasteiger partial charge in [-0.3, -0.25) is 0 Å². The quantitative estimate of drug-likeness (QED) is 0.465. The molecule has 4 unspecified atom stereocenters. The van der Waals surface area contributed by atoms with Gasteiger partial charge in [0.2, 0.25) is 0 Å². The van der Waals surface area contributed by atoms with Crippen molar-refractivity contribution in [2.75, 3.05) is 0 Å². The molecule has 2 aliphatic carbocycles. The Balaban J connectivity index is 1.94. The molecule has 0 nitrogen and oxygen atoms in total. The topological polar surface area (TPSA) is 0 Å². The van der Waals surface area contributed by atoms with Gasteiger partial charge >= 0.3 is 0 Å². The molecule has 1 fully saturated rings. The van der Waals surface area contributed by atoms with E-state index in [1.54, 1.807) is 0 Å². The monoisotopic (exact) mass is 184 g/mol. The number of hydrogen-bond donors (Lipinski definition) is 0. The van der Waals surface area contributed by atoms with Gasteiger partial charge in [-0.05, 0) is 30.6 Å². The summed E-state index contributed by atoms with van der Waals surface area (Å²) >= 11 is 6.36. The lowest BCUT2D eigenvalue weighted by molar-refractivity contribution is 0.407. The maximum atomic E-state index is 6.36. The van der Waals surface area contributed by atoms with Crippen LogP contribution in [0.25, 0.3) is 0 Å². The van der Waals surface area contributed by atoms with Crippen molar-refractivity contribution >= 4 is 11.6 Å². The minimum atomic E-state index is 0.451. The van der Waals surface area contributed by atoms with Crippen LogP contribution in [0.4, 0.5) is 0 Å². The molecule has 0 aromatic carbocycles. The molecular weight excluding hydrogens is 168 g/mol. The van der Waals surface area contributed by atoms with Crippen molar-refractivity contribution < 1.29 is 0 Å². The predicted octanol–water partition coefficient (Wildman–Crippen LogP) is 3.61. The summed E-state index contributed by atoms with van der Waals surface area (Å²) < 4.78 is 0. The molecule has 1 heteroatoms. The fraction of sp³-hybridized carbons (Fsp3) is 0.818. The van der Waals surface area contributed by atoms with Crippen molar-refractivity contribution in [3.63, 3.8) is 0 Å². The van der Waals surface area contributed by atoms with E-state index < -0.39 is 0 Å². The van der Waals surface area contributed by atoms with Crippen LogP contribution in [-0.2, 0) is 0 Å². The number of fused-ring (bicyclic) bond motifs is 2. The summed E-state index contributed by atoms with van der Waals surface area (Å²) in [7, 11) is 0. The fourth-order valence-electron chi connectivity index (χ4n) is 2.68. The first-order valence-corrected chi connectivity index (χ1v) is 5.59. The zero-order valence-electron chi connectivity index (χ0n) is 7.67. The Morgan fingerprint density at radius 1 is 1.33 bits per heavy atom. The summed E-state index contributed by atoms with van der Waals surface area (Å²) in [6, 6.07) is 0. The molecule has 0 aliphatic heterocycles. The number of unbranched alkanes of at least 4 members (excludes halogenated alkanes) is 1. The van der Waals surface area contributed by atoms with Gasteiger partial charge in [-0.15, -0.1) is 11.6 Å². The molecular formula is C11H17Cl. The summed E-state index contributed by atoms with van der Waals surface area (Å²) in [6.07, 6.45) is 10.1. The van der Waals surface area contributed by atoms with E-state index in [2.05, 4.69) is 19.1 Å². The molecule has 12 heavy (non-hydrogen) atoms. The molecule has 2 bridgehead atoms. The van der Waals surface area contributed by atoms with Gasteiger partial charge in [-0.2, -0.15) is 0 Å². The van der Waals surface area contributed by atoms with Crippen LogP contribution in [0, 0.1) is 17.8 Å². The molecule has 0 heterocycles. The van der Waals surface area contributed by atoms with Crippen LogP contribution >= 0.6 is 11.6 Å². The summed E-state index contributed by atoms with van der Waals surface area (Å²) in [5.41, 5.74) is 0. The summed E-state index contributed by atoms with van der Waals surface area (Å²) in [5, 5.41) is 0.451. The maximum absolute atomic E-state index is 6.36. The molecule has 4 atom stereocenters. The van der Waals surface area contributed by atoms with E-state index in [-0.39, 0.29) is 0 Å². The highest BCUT2D eigenvalue weighted by atomic mass is 35.5. The van der Waals surface area contributed by atoms with E-state index in [4.69, 9.17) is 11.6 Å². The highest BCUT2D eigenvalue weighted by molar-refractivity contribution is 6.21. The number of hydrogen-bond acceptors (Lipinski definition) is 0.